The third-order valence-electron chi connectivity index (χ3n) is 4.40. The molecule has 0 radical (unpaired) electrons. The number of hydrogen-bond acceptors (Lipinski definition) is 5. The maximum atomic E-state index is 12.2. The van der Waals surface area contributed by atoms with Crippen molar-refractivity contribution in [1.82, 2.24) is 10.2 Å². The van der Waals surface area contributed by atoms with Crippen molar-refractivity contribution in [2.75, 3.05) is 12.4 Å². The molecule has 0 aliphatic rings. The van der Waals surface area contributed by atoms with Crippen molar-refractivity contribution in [3.8, 4) is 17.2 Å². The van der Waals surface area contributed by atoms with Crippen LogP contribution in [0.4, 0.5) is 5.69 Å². The minimum atomic E-state index is -0.0901. The van der Waals surface area contributed by atoms with E-state index in [9.17, 15) is 4.79 Å². The molecule has 0 fully saturated rings. The second kappa shape index (κ2) is 8.25. The second-order valence-electron chi connectivity index (χ2n) is 7.60. The maximum absolute atomic E-state index is 12.2. The van der Waals surface area contributed by atoms with Gasteiger partial charge in [0.05, 0.1) is 7.11 Å². The van der Waals surface area contributed by atoms with Gasteiger partial charge in [0.2, 0.25) is 17.7 Å². The fraction of sp³-hybridized carbons (Fsp3) is 0.318. The average molecular weight is 379 g/mol. The molecule has 1 aromatic heterocycles. The molecule has 6 nitrogen and oxygen atoms in total. The van der Waals surface area contributed by atoms with Gasteiger partial charge in [0.25, 0.3) is 0 Å². The van der Waals surface area contributed by atoms with Gasteiger partial charge in [-0.15, -0.1) is 10.2 Å². The van der Waals surface area contributed by atoms with Crippen LogP contribution in [0.3, 0.4) is 0 Å². The number of nitrogens with one attached hydrogen (secondary N) is 1. The van der Waals surface area contributed by atoms with E-state index in [2.05, 4.69) is 36.3 Å². The van der Waals surface area contributed by atoms with Gasteiger partial charge in [0.1, 0.15) is 5.75 Å². The average Bonchev–Trinajstić information content (AvgIpc) is 3.15. The van der Waals surface area contributed by atoms with Gasteiger partial charge in [-0.05, 0) is 47.4 Å². The Labute approximate surface area is 164 Å². The summed E-state index contributed by atoms with van der Waals surface area (Å²) in [7, 11) is 1.61. The van der Waals surface area contributed by atoms with E-state index in [1.165, 1.54) is 5.56 Å². The summed E-state index contributed by atoms with van der Waals surface area (Å²) in [6.07, 6.45) is 0.653. The minimum Gasteiger partial charge on any atom is -0.497 e. The van der Waals surface area contributed by atoms with E-state index in [0.29, 0.717) is 18.2 Å². The molecule has 1 N–H and O–H groups in total. The molecular formula is C22H25N3O3. The molecule has 3 rings (SSSR count). The second-order valence-corrected chi connectivity index (χ2v) is 7.60. The molecule has 146 valence electrons. The molecule has 2 aromatic carbocycles. The van der Waals surface area contributed by atoms with Crippen LogP contribution >= 0.6 is 0 Å². The standard InChI is InChI=1S/C22H25N3O3/c1-22(2,3)16-7-9-17(10-8-16)23-19(26)13-14-20-24-25-21(28-20)15-5-11-18(27-4)12-6-15/h5-12H,13-14H2,1-4H3,(H,23,26). The number of anilines is 1. The molecule has 0 bridgehead atoms. The molecule has 0 atom stereocenters. The van der Waals surface area contributed by atoms with Crippen LogP contribution in [0.5, 0.6) is 5.75 Å². The lowest BCUT2D eigenvalue weighted by Gasteiger charge is -2.19. The summed E-state index contributed by atoms with van der Waals surface area (Å²) in [4.78, 5) is 12.2. The number of benzene rings is 2. The molecule has 0 saturated carbocycles. The zero-order valence-corrected chi connectivity index (χ0v) is 16.7. The Kier molecular flexibility index (Phi) is 5.78. The van der Waals surface area contributed by atoms with E-state index in [1.807, 2.05) is 48.5 Å². The predicted octanol–water partition coefficient (Wildman–Crippen LogP) is 4.61. The fourth-order valence-electron chi connectivity index (χ4n) is 2.70. The highest BCUT2D eigenvalue weighted by Gasteiger charge is 2.14. The summed E-state index contributed by atoms with van der Waals surface area (Å²) in [5, 5.41) is 11.0. The van der Waals surface area contributed by atoms with Crippen LogP contribution in [0.1, 0.15) is 38.6 Å². The number of carbonyl (C=O) groups excluding carboxylic acids is 1. The van der Waals surface area contributed by atoms with Gasteiger partial charge < -0.3 is 14.5 Å². The highest BCUT2D eigenvalue weighted by Crippen LogP contribution is 2.24. The largest absolute Gasteiger partial charge is 0.497 e. The molecule has 0 aliphatic carbocycles. The third kappa shape index (κ3) is 4.97. The topological polar surface area (TPSA) is 77.2 Å². The SMILES string of the molecule is COc1ccc(-c2nnc(CCC(=O)Nc3ccc(C(C)(C)C)cc3)o2)cc1. The van der Waals surface area contributed by atoms with E-state index in [0.717, 1.165) is 17.0 Å². The Morgan fingerprint density at radius 1 is 1.04 bits per heavy atom. The number of ether oxygens (including phenoxy) is 1. The number of methoxy groups -OCH3 is 1. The number of amides is 1. The number of nitrogens with zero attached hydrogens (tertiary/aromatic N) is 2. The van der Waals surface area contributed by atoms with Crippen molar-refractivity contribution in [3.63, 3.8) is 0 Å². The molecule has 1 amide bonds. The molecule has 6 heteroatoms. The summed E-state index contributed by atoms with van der Waals surface area (Å²) >= 11 is 0. The van der Waals surface area contributed by atoms with Crippen molar-refractivity contribution < 1.29 is 13.9 Å². The highest BCUT2D eigenvalue weighted by atomic mass is 16.5. The number of rotatable bonds is 6. The lowest BCUT2D eigenvalue weighted by atomic mass is 9.87. The van der Waals surface area contributed by atoms with Gasteiger partial charge in [-0.3, -0.25) is 4.79 Å². The van der Waals surface area contributed by atoms with E-state index in [4.69, 9.17) is 9.15 Å². The summed E-state index contributed by atoms with van der Waals surface area (Å²) in [5.74, 6) is 1.53. The Morgan fingerprint density at radius 2 is 1.71 bits per heavy atom. The summed E-state index contributed by atoms with van der Waals surface area (Å²) in [6, 6.07) is 15.3. The molecule has 0 unspecified atom stereocenters. The van der Waals surface area contributed by atoms with Crippen LogP contribution < -0.4 is 10.1 Å². The fourth-order valence-corrected chi connectivity index (χ4v) is 2.70. The normalized spacial score (nSPS) is 11.3. The Bertz CT molecular complexity index is 923. The summed E-state index contributed by atoms with van der Waals surface area (Å²) < 4.78 is 10.8. The van der Waals surface area contributed by atoms with E-state index in [-0.39, 0.29) is 17.7 Å². The maximum Gasteiger partial charge on any atom is 0.247 e. The smallest absolute Gasteiger partial charge is 0.247 e. The molecule has 0 saturated heterocycles. The first-order valence-electron chi connectivity index (χ1n) is 9.22. The van der Waals surface area contributed by atoms with Gasteiger partial charge in [-0.25, -0.2) is 0 Å². The van der Waals surface area contributed by atoms with Crippen molar-refractivity contribution in [2.45, 2.75) is 39.0 Å². The first-order chi connectivity index (χ1) is 13.3. The van der Waals surface area contributed by atoms with Crippen LogP contribution in [0.2, 0.25) is 0 Å². The molecule has 1 heterocycles. The molecule has 0 aliphatic heterocycles. The first kappa shape index (κ1) is 19.6. The molecular weight excluding hydrogens is 354 g/mol. The summed E-state index contributed by atoms with van der Waals surface area (Å²) in [6.45, 7) is 6.47. The Morgan fingerprint density at radius 3 is 2.32 bits per heavy atom. The number of hydrogen-bond donors (Lipinski definition) is 1. The number of carbonyl (C=O) groups is 1. The predicted molar refractivity (Wildman–Crippen MR) is 108 cm³/mol. The lowest BCUT2D eigenvalue weighted by Crippen LogP contribution is -2.14. The number of aromatic nitrogens is 2. The number of aryl methyl sites for hydroxylation is 1. The van der Waals surface area contributed by atoms with Crippen molar-refractivity contribution in [3.05, 3.63) is 60.0 Å². The van der Waals surface area contributed by atoms with Crippen molar-refractivity contribution in [1.29, 1.82) is 0 Å². The molecule has 0 spiro atoms. The van der Waals surface area contributed by atoms with Crippen LogP contribution in [0, 0.1) is 0 Å². The van der Waals surface area contributed by atoms with E-state index < -0.39 is 0 Å². The van der Waals surface area contributed by atoms with Crippen LogP contribution in [-0.2, 0) is 16.6 Å². The zero-order chi connectivity index (χ0) is 20.1. The minimum absolute atomic E-state index is 0.0854. The highest BCUT2D eigenvalue weighted by molar-refractivity contribution is 5.90. The molecule has 3 aromatic rings. The third-order valence-corrected chi connectivity index (χ3v) is 4.40. The van der Waals surface area contributed by atoms with E-state index in [1.54, 1.807) is 7.11 Å². The van der Waals surface area contributed by atoms with E-state index >= 15 is 0 Å². The van der Waals surface area contributed by atoms with Crippen LogP contribution in [0.15, 0.2) is 52.9 Å². The summed E-state index contributed by atoms with van der Waals surface area (Å²) in [5.41, 5.74) is 2.90. The van der Waals surface area contributed by atoms with Gasteiger partial charge in [0, 0.05) is 24.1 Å². The van der Waals surface area contributed by atoms with Crippen LogP contribution in [0.25, 0.3) is 11.5 Å². The lowest BCUT2D eigenvalue weighted by molar-refractivity contribution is -0.116. The van der Waals surface area contributed by atoms with Gasteiger partial charge >= 0.3 is 0 Å². The van der Waals surface area contributed by atoms with Gasteiger partial charge in [-0.1, -0.05) is 32.9 Å². The van der Waals surface area contributed by atoms with Crippen LogP contribution in [-0.4, -0.2) is 23.2 Å². The Balaban J connectivity index is 1.54. The Hall–Kier alpha value is -3.15. The van der Waals surface area contributed by atoms with Gasteiger partial charge in [0.15, 0.2) is 0 Å². The van der Waals surface area contributed by atoms with Gasteiger partial charge in [-0.2, -0.15) is 0 Å². The van der Waals surface area contributed by atoms with Crippen molar-refractivity contribution >= 4 is 11.6 Å². The first-order valence-corrected chi connectivity index (χ1v) is 9.22. The van der Waals surface area contributed by atoms with Crippen molar-refractivity contribution in [2.24, 2.45) is 0 Å². The monoisotopic (exact) mass is 379 g/mol. The quantitative estimate of drug-likeness (QED) is 0.676. The molecule has 28 heavy (non-hydrogen) atoms. The zero-order valence-electron chi connectivity index (χ0n) is 16.7.